The molecule has 0 aliphatic carbocycles. The third kappa shape index (κ3) is 3.59. The molecule has 10 heteroatoms. The van der Waals surface area contributed by atoms with Crippen LogP contribution in [0.15, 0.2) is 33.9 Å². The summed E-state index contributed by atoms with van der Waals surface area (Å²) in [5.41, 5.74) is 0.895. The molecular weight excluding hydrogens is 392 g/mol. The molecule has 0 fully saturated rings. The second-order valence-corrected chi connectivity index (χ2v) is 6.91. The Balaban J connectivity index is 1.74. The summed E-state index contributed by atoms with van der Waals surface area (Å²) in [6.07, 6.45) is 2.14. The Bertz CT molecular complexity index is 815. The van der Waals surface area contributed by atoms with E-state index in [9.17, 15) is 0 Å². The average Bonchev–Trinajstić information content (AvgIpc) is 3.18. The Labute approximate surface area is 151 Å². The van der Waals surface area contributed by atoms with Gasteiger partial charge in [-0.05, 0) is 29.0 Å². The van der Waals surface area contributed by atoms with Crippen LogP contribution in [-0.4, -0.2) is 35.1 Å². The molecule has 0 aliphatic heterocycles. The van der Waals surface area contributed by atoms with Crippen molar-refractivity contribution in [2.24, 2.45) is 0 Å². The highest BCUT2D eigenvalue weighted by Crippen LogP contribution is 2.28. The van der Waals surface area contributed by atoms with Crippen LogP contribution in [0.1, 0.15) is 25.6 Å². The molecule has 0 radical (unpaired) electrons. The Hall–Kier alpha value is -1.94. The van der Waals surface area contributed by atoms with Crippen molar-refractivity contribution in [3.8, 4) is 11.4 Å². The van der Waals surface area contributed by atoms with Gasteiger partial charge in [0.15, 0.2) is 11.6 Å². The fraction of sp³-hybridized carbons (Fsp3) is 0.357. The lowest BCUT2D eigenvalue weighted by Crippen LogP contribution is -2.12. The first kappa shape index (κ1) is 16.9. The smallest absolute Gasteiger partial charge is 0.210 e. The summed E-state index contributed by atoms with van der Waals surface area (Å²) in [5, 5.41) is 20.8. The van der Waals surface area contributed by atoms with Crippen LogP contribution in [0, 0.1) is 0 Å². The van der Waals surface area contributed by atoms with Crippen molar-refractivity contribution >= 4 is 27.7 Å². The first-order valence-electron chi connectivity index (χ1n) is 7.54. The number of nitrogens with zero attached hydrogens (tertiary/aromatic N) is 7. The van der Waals surface area contributed by atoms with Crippen LogP contribution >= 0.6 is 27.7 Å². The Morgan fingerprint density at radius 2 is 2.04 bits per heavy atom. The van der Waals surface area contributed by atoms with Crippen LogP contribution in [0.4, 0.5) is 0 Å². The van der Waals surface area contributed by atoms with Gasteiger partial charge in [0.25, 0.3) is 0 Å². The number of aromatic nitrogens is 7. The molecule has 0 saturated carbocycles. The molecule has 2 aromatic heterocycles. The number of nitrogen functional groups attached to an aromatic ring is 1. The van der Waals surface area contributed by atoms with Crippen molar-refractivity contribution in [2.45, 2.75) is 37.2 Å². The van der Waals surface area contributed by atoms with Gasteiger partial charge in [-0.15, -0.1) is 15.3 Å². The zero-order valence-electron chi connectivity index (χ0n) is 13.1. The van der Waals surface area contributed by atoms with E-state index in [1.165, 1.54) is 16.4 Å². The number of unbranched alkanes of at least 4 members (excludes halogenated alkanes) is 1. The molecule has 0 bridgehead atoms. The number of aryl methyl sites for hydroxylation is 1. The lowest BCUT2D eigenvalue weighted by Gasteiger charge is -2.05. The van der Waals surface area contributed by atoms with Gasteiger partial charge in [0.05, 0.1) is 5.75 Å². The first-order chi connectivity index (χ1) is 11.7. The van der Waals surface area contributed by atoms with Gasteiger partial charge in [-0.3, -0.25) is 0 Å². The van der Waals surface area contributed by atoms with E-state index in [0.717, 1.165) is 35.2 Å². The minimum Gasteiger partial charge on any atom is -0.335 e. The third-order valence-electron chi connectivity index (χ3n) is 3.44. The number of thioether (sulfide) groups is 1. The second kappa shape index (κ2) is 7.75. The minimum atomic E-state index is 0.585. The summed E-state index contributed by atoms with van der Waals surface area (Å²) in [4.78, 5) is 0. The largest absolute Gasteiger partial charge is 0.335 e. The van der Waals surface area contributed by atoms with Crippen molar-refractivity contribution in [3.05, 3.63) is 34.6 Å². The minimum absolute atomic E-state index is 0.585. The van der Waals surface area contributed by atoms with E-state index in [1.54, 1.807) is 0 Å². The van der Waals surface area contributed by atoms with Crippen LogP contribution in [-0.2, 0) is 12.3 Å². The van der Waals surface area contributed by atoms with E-state index in [2.05, 4.69) is 48.6 Å². The first-order valence-corrected chi connectivity index (χ1v) is 9.31. The summed E-state index contributed by atoms with van der Waals surface area (Å²) in [7, 11) is 0. The molecule has 1 aromatic carbocycles. The number of benzene rings is 1. The van der Waals surface area contributed by atoms with Crippen molar-refractivity contribution in [3.63, 3.8) is 0 Å². The highest BCUT2D eigenvalue weighted by atomic mass is 79.9. The molecule has 0 aliphatic rings. The summed E-state index contributed by atoms with van der Waals surface area (Å²) >= 11 is 4.97. The molecule has 3 aromatic rings. The molecular formula is C14H17BrN8S. The standard InChI is InChI=1S/C14H17BrN8S/c1-2-3-8-22-12(17-20-21-22)9-24-14-19-18-13(23(14)16)10-6-4-5-7-11(10)15/h4-7H,2-3,8-9,16H2,1H3. The lowest BCUT2D eigenvalue weighted by atomic mass is 10.2. The summed E-state index contributed by atoms with van der Waals surface area (Å²) in [6, 6.07) is 7.76. The van der Waals surface area contributed by atoms with Gasteiger partial charge in [0, 0.05) is 16.6 Å². The van der Waals surface area contributed by atoms with E-state index < -0.39 is 0 Å². The molecule has 0 unspecified atom stereocenters. The number of hydrogen-bond acceptors (Lipinski definition) is 7. The molecule has 2 N–H and O–H groups in total. The average molecular weight is 409 g/mol. The number of rotatable bonds is 7. The number of nitrogens with two attached hydrogens (primary N) is 1. The highest BCUT2D eigenvalue weighted by Gasteiger charge is 2.15. The van der Waals surface area contributed by atoms with Gasteiger partial charge in [0.1, 0.15) is 0 Å². The van der Waals surface area contributed by atoms with Crippen molar-refractivity contribution in [1.29, 1.82) is 0 Å². The quantitative estimate of drug-likeness (QED) is 0.473. The third-order valence-corrected chi connectivity index (χ3v) is 5.07. The predicted molar refractivity (Wildman–Crippen MR) is 95.6 cm³/mol. The second-order valence-electron chi connectivity index (χ2n) is 5.12. The normalized spacial score (nSPS) is 11.1. The van der Waals surface area contributed by atoms with Gasteiger partial charge < -0.3 is 5.84 Å². The summed E-state index contributed by atoms with van der Waals surface area (Å²) < 4.78 is 4.23. The zero-order valence-corrected chi connectivity index (χ0v) is 15.5. The van der Waals surface area contributed by atoms with Gasteiger partial charge in [-0.1, -0.05) is 53.2 Å². The SMILES string of the molecule is CCCCn1nnnc1CSc1nnc(-c2ccccc2Br)n1N. The molecule has 126 valence electrons. The zero-order chi connectivity index (χ0) is 16.9. The van der Waals surface area contributed by atoms with E-state index in [0.29, 0.717) is 16.7 Å². The predicted octanol–water partition coefficient (Wildman–Crippen LogP) is 2.50. The van der Waals surface area contributed by atoms with E-state index in [1.807, 2.05) is 28.9 Å². The maximum Gasteiger partial charge on any atom is 0.210 e. The lowest BCUT2D eigenvalue weighted by molar-refractivity contribution is 0.540. The molecule has 3 rings (SSSR count). The highest BCUT2D eigenvalue weighted by molar-refractivity contribution is 9.10. The molecule has 24 heavy (non-hydrogen) atoms. The molecule has 0 saturated heterocycles. The molecule has 8 nitrogen and oxygen atoms in total. The van der Waals surface area contributed by atoms with Gasteiger partial charge in [0.2, 0.25) is 5.16 Å². The number of hydrogen-bond donors (Lipinski definition) is 1. The molecule has 0 spiro atoms. The van der Waals surface area contributed by atoms with E-state index in [-0.39, 0.29) is 0 Å². The van der Waals surface area contributed by atoms with Crippen LogP contribution < -0.4 is 5.84 Å². The summed E-state index contributed by atoms with van der Waals surface area (Å²) in [6.45, 7) is 2.95. The molecule has 0 atom stereocenters. The van der Waals surface area contributed by atoms with Gasteiger partial charge in [-0.25, -0.2) is 9.36 Å². The van der Waals surface area contributed by atoms with Crippen molar-refractivity contribution in [1.82, 2.24) is 35.1 Å². The van der Waals surface area contributed by atoms with Crippen molar-refractivity contribution < 1.29 is 0 Å². The Morgan fingerprint density at radius 1 is 1.21 bits per heavy atom. The van der Waals surface area contributed by atoms with Crippen LogP contribution in [0.25, 0.3) is 11.4 Å². The van der Waals surface area contributed by atoms with Crippen molar-refractivity contribution in [2.75, 3.05) is 5.84 Å². The number of halogens is 1. The molecule has 0 amide bonds. The fourth-order valence-corrected chi connectivity index (χ4v) is 3.39. The van der Waals surface area contributed by atoms with E-state index in [4.69, 9.17) is 5.84 Å². The van der Waals surface area contributed by atoms with Crippen LogP contribution in [0.2, 0.25) is 0 Å². The van der Waals surface area contributed by atoms with Crippen LogP contribution in [0.3, 0.4) is 0 Å². The number of tetrazole rings is 1. The molecule has 2 heterocycles. The maximum atomic E-state index is 6.15. The van der Waals surface area contributed by atoms with Crippen LogP contribution in [0.5, 0.6) is 0 Å². The maximum absolute atomic E-state index is 6.15. The monoisotopic (exact) mass is 408 g/mol. The van der Waals surface area contributed by atoms with Gasteiger partial charge in [-0.2, -0.15) is 0 Å². The fourth-order valence-electron chi connectivity index (χ4n) is 2.14. The Morgan fingerprint density at radius 3 is 2.83 bits per heavy atom. The van der Waals surface area contributed by atoms with Gasteiger partial charge >= 0.3 is 0 Å². The Kier molecular flexibility index (Phi) is 5.46. The topological polar surface area (TPSA) is 100 Å². The summed E-state index contributed by atoms with van der Waals surface area (Å²) in [5.74, 6) is 8.15. The van der Waals surface area contributed by atoms with E-state index >= 15 is 0 Å².